The molecule has 0 aliphatic rings. The number of halogens is 2. The number of rotatable bonds is 3. The van der Waals surface area contributed by atoms with E-state index in [1.807, 2.05) is 34.6 Å². The normalized spacial score (nSPS) is 5.62. The summed E-state index contributed by atoms with van der Waals surface area (Å²) in [6.45, 7) is 17.5. The second-order valence-corrected chi connectivity index (χ2v) is 1.78. The average Bonchev–Trinajstić information content (AvgIpc) is 2.38. The van der Waals surface area contributed by atoms with Crippen LogP contribution in [0, 0.1) is 13.8 Å². The molecule has 4 heteroatoms. The van der Waals surface area contributed by atoms with Gasteiger partial charge in [0, 0.05) is 76.5 Å². The van der Waals surface area contributed by atoms with Crippen LogP contribution in [0.2, 0.25) is 0 Å². The molecular weight excluding hydrogens is 503 g/mol. The van der Waals surface area contributed by atoms with Crippen molar-refractivity contribution in [1.82, 2.24) is 0 Å². The summed E-state index contributed by atoms with van der Waals surface area (Å²) in [5, 5.41) is 7.88. The van der Waals surface area contributed by atoms with Crippen LogP contribution in [0.5, 0.6) is 0 Å². The Morgan fingerprint density at radius 2 is 1.12 bits per heavy atom. The quantitative estimate of drug-likeness (QED) is 0.347. The van der Waals surface area contributed by atoms with E-state index in [2.05, 4.69) is 51.1 Å². The van der Waals surface area contributed by atoms with Gasteiger partial charge in [-0.2, -0.15) is 12.8 Å². The van der Waals surface area contributed by atoms with E-state index in [4.69, 9.17) is 5.11 Å². The fraction of sp³-hybridized carbons (Fsp3) is 0.833. The molecule has 0 aliphatic heterocycles. The van der Waals surface area contributed by atoms with Crippen molar-refractivity contribution in [2.24, 2.45) is 0 Å². The second kappa shape index (κ2) is 84.5. The molecule has 0 aromatic rings. The van der Waals surface area contributed by atoms with Crippen LogP contribution in [0.15, 0.2) is 0 Å². The zero-order chi connectivity index (χ0) is 13.5. The Bertz CT molecular complexity index is 38.2. The van der Waals surface area contributed by atoms with E-state index in [0.29, 0.717) is 6.61 Å². The van der Waals surface area contributed by atoms with Crippen LogP contribution in [0.25, 0.3) is 0 Å². The van der Waals surface area contributed by atoms with Crippen molar-refractivity contribution < 1.29 is 37.8 Å². The van der Waals surface area contributed by atoms with E-state index in [1.54, 1.807) is 0 Å². The first-order chi connectivity index (χ1) is 7.33. The van der Waals surface area contributed by atoms with Crippen molar-refractivity contribution in [3.8, 4) is 0 Å². The molecule has 0 bridgehead atoms. The predicted molar refractivity (Wildman–Crippen MR) is 92.7 cm³/mol. The first-order valence-electron chi connectivity index (χ1n) is 5.67. The van der Waals surface area contributed by atoms with Crippen molar-refractivity contribution in [2.45, 2.75) is 60.3 Å². The molecule has 0 spiro atoms. The van der Waals surface area contributed by atoms with Crippen molar-refractivity contribution in [3.63, 3.8) is 0 Å². The largest absolute Gasteiger partial charge is 0.396 e. The Morgan fingerprint density at radius 3 is 1.12 bits per heavy atom. The molecule has 1 nitrogen and oxygen atoms in total. The third kappa shape index (κ3) is 131. The Balaban J connectivity index is -0.0000000207. The maximum absolute atomic E-state index is 7.88. The molecule has 0 saturated carbocycles. The number of unbranched alkanes of at least 4 members (excludes halogenated alkanes) is 2. The zero-order valence-electron chi connectivity index (χ0n) is 11.7. The first-order valence-corrected chi connectivity index (χ1v) is 12.0. The van der Waals surface area contributed by atoms with Gasteiger partial charge in [-0.1, -0.05) is 34.6 Å². The molecule has 1 N–H and O–H groups in total. The fourth-order valence-corrected chi connectivity index (χ4v) is 0.177. The Kier molecular flexibility index (Phi) is 192. The molecule has 0 saturated heterocycles. The number of hydrogen-bond donors (Lipinski definition) is 1. The third-order valence-corrected chi connectivity index (χ3v) is 0.724. The van der Waals surface area contributed by atoms with E-state index in [1.165, 1.54) is 6.42 Å². The SMILES string of the molecule is CC.CC.CCCO.II.[CH2-]CCC[CH2-].[Y]. The van der Waals surface area contributed by atoms with Crippen LogP contribution in [-0.4, -0.2) is 11.7 Å². The van der Waals surface area contributed by atoms with E-state index in [-0.39, 0.29) is 32.7 Å². The van der Waals surface area contributed by atoms with Crippen LogP contribution in [0.3, 0.4) is 0 Å². The van der Waals surface area contributed by atoms with Gasteiger partial charge in [0.05, 0.1) is 0 Å². The minimum Gasteiger partial charge on any atom is -0.396 e. The maximum Gasteiger partial charge on any atom is 0.0428 e. The van der Waals surface area contributed by atoms with E-state index in [9.17, 15) is 0 Å². The molecule has 0 unspecified atom stereocenters. The van der Waals surface area contributed by atoms with Gasteiger partial charge in [-0.3, -0.25) is 0 Å². The molecule has 0 amide bonds. The zero-order valence-corrected chi connectivity index (χ0v) is 18.9. The molecule has 0 aliphatic carbocycles. The first kappa shape index (κ1) is 36.3. The maximum atomic E-state index is 7.88. The summed E-state index contributed by atoms with van der Waals surface area (Å²) < 4.78 is 0. The van der Waals surface area contributed by atoms with Gasteiger partial charge in [0.1, 0.15) is 0 Å². The molecule has 1 radical (unpaired) electrons. The van der Waals surface area contributed by atoms with Crippen LogP contribution >= 0.6 is 37.2 Å². The van der Waals surface area contributed by atoms with Gasteiger partial charge in [0.15, 0.2) is 0 Å². The minimum absolute atomic E-state index is 0. The summed E-state index contributed by atoms with van der Waals surface area (Å²) in [6, 6.07) is 0. The third-order valence-electron chi connectivity index (χ3n) is 0.724. The van der Waals surface area contributed by atoms with E-state index in [0.717, 1.165) is 19.3 Å². The van der Waals surface area contributed by atoms with Gasteiger partial charge in [-0.15, -0.1) is 6.42 Å². The predicted octanol–water partition coefficient (Wildman–Crippen LogP) is 6.03. The molecule has 0 fully saturated rings. The molecule has 0 aromatic carbocycles. The van der Waals surface area contributed by atoms with Crippen LogP contribution in [0.1, 0.15) is 60.3 Å². The molecular formula is C12H30I2OY-2. The van der Waals surface area contributed by atoms with Crippen molar-refractivity contribution in [3.05, 3.63) is 13.8 Å². The van der Waals surface area contributed by atoms with E-state index >= 15 is 0 Å². The average molecular weight is 533 g/mol. The summed E-state index contributed by atoms with van der Waals surface area (Å²) in [5.74, 6) is 0. The summed E-state index contributed by atoms with van der Waals surface area (Å²) in [7, 11) is 0. The Labute approximate surface area is 154 Å². The van der Waals surface area contributed by atoms with Crippen molar-refractivity contribution in [1.29, 1.82) is 0 Å². The molecule has 0 atom stereocenters. The molecule has 0 aromatic heterocycles. The van der Waals surface area contributed by atoms with Crippen molar-refractivity contribution in [2.75, 3.05) is 6.61 Å². The van der Waals surface area contributed by atoms with Gasteiger partial charge in [-0.25, -0.2) is 0 Å². The monoisotopic (exact) mass is 533 g/mol. The second-order valence-electron chi connectivity index (χ2n) is 1.78. The topological polar surface area (TPSA) is 20.2 Å². The summed E-state index contributed by atoms with van der Waals surface area (Å²) in [4.78, 5) is 0. The smallest absolute Gasteiger partial charge is 0.0428 e. The molecule has 16 heavy (non-hydrogen) atoms. The number of hydrogen-bond acceptors (Lipinski definition) is 1. The Morgan fingerprint density at radius 1 is 0.938 bits per heavy atom. The van der Waals surface area contributed by atoms with Gasteiger partial charge < -0.3 is 19.0 Å². The van der Waals surface area contributed by atoms with Crippen molar-refractivity contribution >= 4 is 37.2 Å². The minimum atomic E-state index is 0. The van der Waals surface area contributed by atoms with Gasteiger partial charge in [0.2, 0.25) is 0 Å². The summed E-state index contributed by atoms with van der Waals surface area (Å²) in [6.07, 6.45) is 4.10. The van der Waals surface area contributed by atoms with E-state index < -0.39 is 0 Å². The van der Waals surface area contributed by atoms with Gasteiger partial charge >= 0.3 is 0 Å². The molecule has 0 rings (SSSR count). The fourth-order valence-electron chi connectivity index (χ4n) is 0.177. The van der Waals surface area contributed by atoms with Crippen LogP contribution in [-0.2, 0) is 32.7 Å². The van der Waals surface area contributed by atoms with Crippen LogP contribution in [0.4, 0.5) is 0 Å². The number of aliphatic hydroxyl groups excluding tert-OH is 1. The van der Waals surface area contributed by atoms with Crippen LogP contribution < -0.4 is 0 Å². The summed E-state index contributed by atoms with van der Waals surface area (Å²) >= 11 is 4.24. The number of aliphatic hydroxyl groups is 1. The van der Waals surface area contributed by atoms with Gasteiger partial charge in [-0.05, 0) is 6.42 Å². The molecule has 103 valence electrons. The Hall–Kier alpha value is 2.52. The molecule has 0 heterocycles. The van der Waals surface area contributed by atoms with Gasteiger partial charge in [0.25, 0.3) is 0 Å². The standard InChI is InChI=1S/C5H10.C3H8O.2C2H6.I2.Y/c1-3-5-4-2;1-2-3-4;3*1-2;/h1-5H2;4H,2-3H2,1H3;2*1-2H3;;/q-2;;;;;. The summed E-state index contributed by atoms with van der Waals surface area (Å²) in [5.41, 5.74) is 0.